The van der Waals surface area contributed by atoms with Crippen molar-refractivity contribution in [2.45, 2.75) is 76.5 Å². The maximum Gasteiger partial charge on any atom is 0.254 e. The van der Waals surface area contributed by atoms with E-state index in [0.29, 0.717) is 16.7 Å². The standard InChI is InChI=1S/C27H29N7O4.CH4/c28-23-22-24(34(15-29-22)27-19(35)14-20(38-27)25(36)30-17-11-12-17)32-21(31-23)10-5-13-33(18-8-4-9-18)26(37)16-6-2-1-3-7-16;/h1-3,6-7,15,17-20,27,35H,4,8-9,11-14H2,(H,30,36)(H2,28,31,32);1H4/t19?,20-,27?;/m0./s1. The fourth-order valence-corrected chi connectivity index (χ4v) is 4.79. The van der Waals surface area contributed by atoms with Crippen LogP contribution in [-0.4, -0.2) is 72.2 Å². The zero-order valence-corrected chi connectivity index (χ0v) is 20.8. The first-order valence-electron chi connectivity index (χ1n) is 13.0. The number of aromatic nitrogens is 4. The van der Waals surface area contributed by atoms with Crippen LogP contribution in [0.5, 0.6) is 0 Å². The Morgan fingerprint density at radius 1 is 1.18 bits per heavy atom. The Kier molecular flexibility index (Phi) is 7.50. The summed E-state index contributed by atoms with van der Waals surface area (Å²) in [6, 6.07) is 9.55. The van der Waals surface area contributed by atoms with Crippen molar-refractivity contribution < 1.29 is 19.4 Å². The smallest absolute Gasteiger partial charge is 0.254 e. The minimum absolute atomic E-state index is 0. The predicted molar refractivity (Wildman–Crippen MR) is 144 cm³/mol. The molecular formula is C28H33N7O4. The number of nitrogens with zero attached hydrogens (tertiary/aromatic N) is 5. The molecule has 11 nitrogen and oxygen atoms in total. The van der Waals surface area contributed by atoms with Crippen molar-refractivity contribution in [3.8, 4) is 11.8 Å². The second-order valence-electron chi connectivity index (χ2n) is 10.0. The van der Waals surface area contributed by atoms with Gasteiger partial charge in [-0.25, -0.2) is 15.0 Å². The number of carbonyl (C=O) groups excluding carboxylic acids is 2. The fraction of sp³-hybridized carbons (Fsp3) is 0.464. The Labute approximate surface area is 226 Å². The largest absolute Gasteiger partial charge is 0.388 e. The molecule has 6 rings (SSSR count). The van der Waals surface area contributed by atoms with Gasteiger partial charge in [-0.2, -0.15) is 0 Å². The molecule has 2 amide bonds. The first-order valence-corrected chi connectivity index (χ1v) is 13.0. The van der Waals surface area contributed by atoms with E-state index in [1.807, 2.05) is 18.2 Å². The number of aliphatic hydroxyl groups excluding tert-OH is 1. The van der Waals surface area contributed by atoms with Crippen molar-refractivity contribution in [1.82, 2.24) is 29.7 Å². The number of benzene rings is 1. The highest BCUT2D eigenvalue weighted by molar-refractivity contribution is 5.94. The lowest BCUT2D eigenvalue weighted by Crippen LogP contribution is -2.44. The van der Waals surface area contributed by atoms with E-state index in [1.54, 1.807) is 21.6 Å². The second kappa shape index (κ2) is 11.0. The Hall–Kier alpha value is -4.01. The number of nitrogens with two attached hydrogens (primary N) is 1. The molecule has 2 unspecified atom stereocenters. The van der Waals surface area contributed by atoms with Crippen LogP contribution in [0.1, 0.15) is 68.4 Å². The first-order chi connectivity index (χ1) is 18.5. The molecule has 39 heavy (non-hydrogen) atoms. The summed E-state index contributed by atoms with van der Waals surface area (Å²) in [5.74, 6) is 6.02. The minimum Gasteiger partial charge on any atom is -0.388 e. The second-order valence-corrected chi connectivity index (χ2v) is 10.0. The van der Waals surface area contributed by atoms with Crippen LogP contribution < -0.4 is 11.1 Å². The predicted octanol–water partition coefficient (Wildman–Crippen LogP) is 2.02. The molecule has 0 spiro atoms. The monoisotopic (exact) mass is 531 g/mol. The summed E-state index contributed by atoms with van der Waals surface area (Å²) in [5, 5.41) is 13.6. The van der Waals surface area contributed by atoms with Gasteiger partial charge in [0.15, 0.2) is 17.7 Å². The maximum atomic E-state index is 13.1. The number of imidazole rings is 1. The van der Waals surface area contributed by atoms with Crippen molar-refractivity contribution in [3.63, 3.8) is 0 Å². The number of amides is 2. The summed E-state index contributed by atoms with van der Waals surface area (Å²) in [6.07, 6.45) is 4.06. The summed E-state index contributed by atoms with van der Waals surface area (Å²) in [5.41, 5.74) is 7.49. The van der Waals surface area contributed by atoms with Gasteiger partial charge in [0.25, 0.3) is 5.91 Å². The van der Waals surface area contributed by atoms with E-state index in [0.717, 1.165) is 32.1 Å². The SMILES string of the molecule is C.Nc1nc(C#CCN(C(=O)c2ccccc2)C2CCC2)nc2c1ncn2C1O[C@H](C(=O)NC2CC2)CC1O. The summed E-state index contributed by atoms with van der Waals surface area (Å²) >= 11 is 0. The summed E-state index contributed by atoms with van der Waals surface area (Å²) in [7, 11) is 0. The Morgan fingerprint density at radius 3 is 2.64 bits per heavy atom. The number of ether oxygens (including phenoxy) is 1. The van der Waals surface area contributed by atoms with E-state index in [4.69, 9.17) is 10.5 Å². The number of carbonyl (C=O) groups is 2. The van der Waals surface area contributed by atoms with Crippen LogP contribution in [0, 0.1) is 11.8 Å². The van der Waals surface area contributed by atoms with Crippen molar-refractivity contribution in [1.29, 1.82) is 0 Å². The molecule has 2 saturated carbocycles. The molecule has 3 aromatic rings. The van der Waals surface area contributed by atoms with E-state index in [9.17, 15) is 14.7 Å². The van der Waals surface area contributed by atoms with Crippen LogP contribution >= 0.6 is 0 Å². The summed E-state index contributed by atoms with van der Waals surface area (Å²) in [6.45, 7) is 0.237. The van der Waals surface area contributed by atoms with Crippen molar-refractivity contribution in [2.24, 2.45) is 0 Å². The highest BCUT2D eigenvalue weighted by Crippen LogP contribution is 2.32. The molecule has 2 aliphatic carbocycles. The zero-order chi connectivity index (χ0) is 26.2. The molecule has 3 heterocycles. The molecule has 204 valence electrons. The normalized spacial score (nSPS) is 22.3. The van der Waals surface area contributed by atoms with Gasteiger partial charge in [-0.1, -0.05) is 31.5 Å². The van der Waals surface area contributed by atoms with E-state index >= 15 is 0 Å². The van der Waals surface area contributed by atoms with Crippen LogP contribution in [0.15, 0.2) is 36.7 Å². The number of nitrogen functional groups attached to an aromatic ring is 1. The van der Waals surface area contributed by atoms with Crippen LogP contribution in [-0.2, 0) is 9.53 Å². The number of anilines is 1. The van der Waals surface area contributed by atoms with Gasteiger partial charge in [0.2, 0.25) is 11.7 Å². The minimum atomic E-state index is -0.923. The third kappa shape index (κ3) is 5.44. The molecule has 3 aliphatic rings. The molecule has 1 saturated heterocycles. The highest BCUT2D eigenvalue weighted by atomic mass is 16.5. The Bertz CT molecular complexity index is 1420. The highest BCUT2D eigenvalue weighted by Gasteiger charge is 2.41. The molecule has 2 aromatic heterocycles. The number of fused-ring (bicyclic) bond motifs is 1. The number of hydrogen-bond donors (Lipinski definition) is 3. The molecule has 3 fully saturated rings. The number of hydrogen-bond acceptors (Lipinski definition) is 8. The number of nitrogens with one attached hydrogen (secondary N) is 1. The van der Waals surface area contributed by atoms with Gasteiger partial charge in [-0.05, 0) is 50.2 Å². The first kappa shape index (κ1) is 26.6. The number of aliphatic hydroxyl groups is 1. The molecule has 3 atom stereocenters. The Morgan fingerprint density at radius 2 is 1.95 bits per heavy atom. The summed E-state index contributed by atoms with van der Waals surface area (Å²) < 4.78 is 7.46. The average Bonchev–Trinajstić information content (AvgIpc) is 3.46. The van der Waals surface area contributed by atoms with E-state index in [-0.39, 0.29) is 55.9 Å². The summed E-state index contributed by atoms with van der Waals surface area (Å²) in [4.78, 5) is 40.4. The third-order valence-electron chi connectivity index (χ3n) is 7.27. The van der Waals surface area contributed by atoms with Gasteiger partial charge < -0.3 is 25.8 Å². The van der Waals surface area contributed by atoms with Gasteiger partial charge in [0, 0.05) is 24.1 Å². The van der Waals surface area contributed by atoms with Crippen molar-refractivity contribution in [2.75, 3.05) is 12.3 Å². The Balaban J connectivity index is 0.00000308. The van der Waals surface area contributed by atoms with Crippen LogP contribution in [0.3, 0.4) is 0 Å². The lowest BCUT2D eigenvalue weighted by molar-refractivity contribution is -0.134. The van der Waals surface area contributed by atoms with Gasteiger partial charge >= 0.3 is 0 Å². The third-order valence-corrected chi connectivity index (χ3v) is 7.27. The fourth-order valence-electron chi connectivity index (χ4n) is 4.79. The number of rotatable bonds is 6. The topological polar surface area (TPSA) is 148 Å². The van der Waals surface area contributed by atoms with E-state index in [1.165, 1.54) is 6.33 Å². The van der Waals surface area contributed by atoms with Crippen LogP contribution in [0.25, 0.3) is 11.2 Å². The molecule has 4 N–H and O–H groups in total. The molecule has 1 aliphatic heterocycles. The molecule has 0 radical (unpaired) electrons. The molecule has 0 bridgehead atoms. The van der Waals surface area contributed by atoms with Crippen LogP contribution in [0.4, 0.5) is 5.82 Å². The van der Waals surface area contributed by atoms with Gasteiger partial charge in [0.1, 0.15) is 17.7 Å². The lowest BCUT2D eigenvalue weighted by Gasteiger charge is -2.36. The van der Waals surface area contributed by atoms with Crippen molar-refractivity contribution >= 4 is 28.8 Å². The molecule has 1 aromatic carbocycles. The van der Waals surface area contributed by atoms with E-state index in [2.05, 4.69) is 32.1 Å². The van der Waals surface area contributed by atoms with Crippen molar-refractivity contribution in [3.05, 3.63) is 48.0 Å². The van der Waals surface area contributed by atoms with Gasteiger partial charge in [-0.3, -0.25) is 14.2 Å². The quantitative estimate of drug-likeness (QED) is 0.409. The zero-order valence-electron chi connectivity index (χ0n) is 20.8. The van der Waals surface area contributed by atoms with Crippen LogP contribution in [0.2, 0.25) is 0 Å². The average molecular weight is 532 g/mol. The maximum absolute atomic E-state index is 13.1. The van der Waals surface area contributed by atoms with Gasteiger partial charge in [0.05, 0.1) is 12.9 Å². The van der Waals surface area contributed by atoms with Gasteiger partial charge in [-0.15, -0.1) is 0 Å². The lowest BCUT2D eigenvalue weighted by atomic mass is 9.91. The molecular weight excluding hydrogens is 498 g/mol. The van der Waals surface area contributed by atoms with E-state index < -0.39 is 18.4 Å². The molecule has 11 heteroatoms.